The third-order valence-corrected chi connectivity index (χ3v) is 4.20. The van der Waals surface area contributed by atoms with Crippen molar-refractivity contribution in [2.75, 3.05) is 13.2 Å². The maximum absolute atomic E-state index is 11.9. The van der Waals surface area contributed by atoms with Gasteiger partial charge in [-0.3, -0.25) is 4.79 Å². The molecule has 2 fully saturated rings. The van der Waals surface area contributed by atoms with Crippen LogP contribution in [0.4, 0.5) is 0 Å². The monoisotopic (exact) mass is 269 g/mol. The summed E-state index contributed by atoms with van der Waals surface area (Å²) in [6.45, 7) is 1.12. The summed E-state index contributed by atoms with van der Waals surface area (Å²) < 4.78 is 5.31. The Morgan fingerprint density at radius 2 is 1.95 bits per heavy atom. The largest absolute Gasteiger partial charge is 0.480 e. The van der Waals surface area contributed by atoms with Gasteiger partial charge >= 0.3 is 5.97 Å². The van der Waals surface area contributed by atoms with Gasteiger partial charge in [-0.15, -0.1) is 0 Å². The predicted molar refractivity (Wildman–Crippen MR) is 69.7 cm³/mol. The molecule has 0 bridgehead atoms. The van der Waals surface area contributed by atoms with Gasteiger partial charge in [0.05, 0.1) is 6.61 Å². The minimum Gasteiger partial charge on any atom is -0.480 e. The molecule has 5 nitrogen and oxygen atoms in total. The van der Waals surface area contributed by atoms with Crippen LogP contribution in [0.25, 0.3) is 0 Å². The van der Waals surface area contributed by atoms with Gasteiger partial charge in [0.25, 0.3) is 0 Å². The molecule has 0 spiro atoms. The van der Waals surface area contributed by atoms with Gasteiger partial charge < -0.3 is 15.2 Å². The number of carboxylic acid groups (broad SMARTS) is 1. The van der Waals surface area contributed by atoms with Gasteiger partial charge in [0.15, 0.2) is 0 Å². The molecular formula is C14H23NO4. The highest BCUT2D eigenvalue weighted by Gasteiger charge is 2.31. The average Bonchev–Trinajstić information content (AvgIpc) is 2.89. The van der Waals surface area contributed by atoms with Crippen molar-refractivity contribution in [1.82, 2.24) is 5.32 Å². The zero-order valence-corrected chi connectivity index (χ0v) is 11.3. The summed E-state index contributed by atoms with van der Waals surface area (Å²) in [6.07, 6.45) is 6.72. The molecule has 0 aromatic rings. The lowest BCUT2D eigenvalue weighted by atomic mass is 9.93. The minimum absolute atomic E-state index is 0.0984. The number of carbonyl (C=O) groups excluding carboxylic acids is 1. The van der Waals surface area contributed by atoms with E-state index in [2.05, 4.69) is 5.32 Å². The number of hydrogen-bond donors (Lipinski definition) is 2. The summed E-state index contributed by atoms with van der Waals surface area (Å²) >= 11 is 0. The highest BCUT2D eigenvalue weighted by molar-refractivity contribution is 5.83. The first-order chi connectivity index (χ1) is 9.16. The molecule has 2 unspecified atom stereocenters. The minimum atomic E-state index is -0.949. The van der Waals surface area contributed by atoms with Crippen molar-refractivity contribution in [2.45, 2.75) is 51.0 Å². The summed E-state index contributed by atoms with van der Waals surface area (Å²) in [5.41, 5.74) is 0. The van der Waals surface area contributed by atoms with Gasteiger partial charge in [-0.05, 0) is 31.6 Å². The Kier molecular flexibility index (Phi) is 5.19. The van der Waals surface area contributed by atoms with Crippen LogP contribution in [-0.4, -0.2) is 36.2 Å². The molecule has 2 aliphatic rings. The molecule has 1 amide bonds. The molecule has 1 saturated heterocycles. The molecule has 2 N–H and O–H groups in total. The first-order valence-electron chi connectivity index (χ1n) is 7.26. The summed E-state index contributed by atoms with van der Waals surface area (Å²) in [7, 11) is 0. The van der Waals surface area contributed by atoms with Crippen molar-refractivity contribution >= 4 is 11.9 Å². The Hall–Kier alpha value is -1.10. The molecule has 0 aromatic heterocycles. The van der Waals surface area contributed by atoms with Crippen LogP contribution in [0.2, 0.25) is 0 Å². The average molecular weight is 269 g/mol. The van der Waals surface area contributed by atoms with E-state index < -0.39 is 12.0 Å². The van der Waals surface area contributed by atoms with Crippen LogP contribution in [-0.2, 0) is 14.3 Å². The summed E-state index contributed by atoms with van der Waals surface area (Å²) in [5, 5.41) is 12.0. The molecule has 108 valence electrons. The third kappa shape index (κ3) is 4.20. The second-order valence-electron chi connectivity index (χ2n) is 5.72. The first-order valence-corrected chi connectivity index (χ1v) is 7.26. The molecule has 0 aromatic carbocycles. The van der Waals surface area contributed by atoms with E-state index in [0.717, 1.165) is 25.7 Å². The summed E-state index contributed by atoms with van der Waals surface area (Å²) in [5.74, 6) is -0.726. The number of carboxylic acids is 1. The predicted octanol–water partition coefficient (Wildman–Crippen LogP) is 1.56. The van der Waals surface area contributed by atoms with E-state index in [-0.39, 0.29) is 11.8 Å². The Morgan fingerprint density at radius 1 is 1.21 bits per heavy atom. The molecule has 1 heterocycles. The Labute approximate surface area is 113 Å². The van der Waals surface area contributed by atoms with E-state index in [1.54, 1.807) is 0 Å². The second-order valence-corrected chi connectivity index (χ2v) is 5.72. The second kappa shape index (κ2) is 6.89. The van der Waals surface area contributed by atoms with Gasteiger partial charge in [-0.25, -0.2) is 4.79 Å². The van der Waals surface area contributed by atoms with Crippen molar-refractivity contribution in [3.8, 4) is 0 Å². The first kappa shape index (κ1) is 14.3. The van der Waals surface area contributed by atoms with Gasteiger partial charge in [0.1, 0.15) is 6.04 Å². The molecule has 1 saturated carbocycles. The SMILES string of the molecule is O=C(CC1CCCC1)NC(C(=O)O)C1CCCOC1. The van der Waals surface area contributed by atoms with Crippen LogP contribution in [0, 0.1) is 11.8 Å². The topological polar surface area (TPSA) is 75.6 Å². The molecule has 2 atom stereocenters. The van der Waals surface area contributed by atoms with Crippen molar-refractivity contribution < 1.29 is 19.4 Å². The van der Waals surface area contributed by atoms with Crippen molar-refractivity contribution in [1.29, 1.82) is 0 Å². The number of hydrogen-bond acceptors (Lipinski definition) is 3. The van der Waals surface area contributed by atoms with Crippen LogP contribution in [0.5, 0.6) is 0 Å². The zero-order chi connectivity index (χ0) is 13.7. The third-order valence-electron chi connectivity index (χ3n) is 4.20. The summed E-state index contributed by atoms with van der Waals surface area (Å²) in [6, 6.07) is -0.797. The van der Waals surface area contributed by atoms with Crippen LogP contribution in [0.15, 0.2) is 0 Å². The molecular weight excluding hydrogens is 246 g/mol. The number of aliphatic carboxylic acids is 1. The Bertz CT molecular complexity index is 319. The highest BCUT2D eigenvalue weighted by Crippen LogP contribution is 2.27. The lowest BCUT2D eigenvalue weighted by molar-refractivity contribution is -0.145. The molecule has 19 heavy (non-hydrogen) atoms. The lowest BCUT2D eigenvalue weighted by Gasteiger charge is -2.28. The van der Waals surface area contributed by atoms with E-state index >= 15 is 0 Å². The molecule has 2 rings (SSSR count). The highest BCUT2D eigenvalue weighted by atomic mass is 16.5. The van der Waals surface area contributed by atoms with Crippen LogP contribution >= 0.6 is 0 Å². The molecule has 1 aliphatic carbocycles. The standard InChI is InChI=1S/C14H23NO4/c16-12(8-10-4-1-2-5-10)15-13(14(17)18)11-6-3-7-19-9-11/h10-11,13H,1-9H2,(H,15,16)(H,17,18). The lowest BCUT2D eigenvalue weighted by Crippen LogP contribution is -2.48. The fourth-order valence-corrected chi connectivity index (χ4v) is 3.12. The van der Waals surface area contributed by atoms with Crippen molar-refractivity contribution in [3.63, 3.8) is 0 Å². The zero-order valence-electron chi connectivity index (χ0n) is 11.3. The fourth-order valence-electron chi connectivity index (χ4n) is 3.12. The quantitative estimate of drug-likeness (QED) is 0.794. The smallest absolute Gasteiger partial charge is 0.326 e. The van der Waals surface area contributed by atoms with Crippen LogP contribution in [0.3, 0.4) is 0 Å². The van der Waals surface area contributed by atoms with E-state index in [9.17, 15) is 14.7 Å². The number of carbonyl (C=O) groups is 2. The van der Waals surface area contributed by atoms with Crippen LogP contribution < -0.4 is 5.32 Å². The Morgan fingerprint density at radius 3 is 2.53 bits per heavy atom. The maximum atomic E-state index is 11.9. The van der Waals surface area contributed by atoms with Gasteiger partial charge in [0.2, 0.25) is 5.91 Å². The summed E-state index contributed by atoms with van der Waals surface area (Å²) in [4.78, 5) is 23.2. The van der Waals surface area contributed by atoms with Crippen LogP contribution in [0.1, 0.15) is 44.9 Å². The number of rotatable bonds is 5. The number of amides is 1. The van der Waals surface area contributed by atoms with Gasteiger partial charge in [-0.1, -0.05) is 12.8 Å². The van der Waals surface area contributed by atoms with Gasteiger partial charge in [-0.2, -0.15) is 0 Å². The fraction of sp³-hybridized carbons (Fsp3) is 0.857. The van der Waals surface area contributed by atoms with Gasteiger partial charge in [0, 0.05) is 18.9 Å². The van der Waals surface area contributed by atoms with E-state index in [1.165, 1.54) is 12.8 Å². The van der Waals surface area contributed by atoms with Crippen molar-refractivity contribution in [3.05, 3.63) is 0 Å². The molecule has 5 heteroatoms. The number of ether oxygens (including phenoxy) is 1. The molecule has 0 radical (unpaired) electrons. The van der Waals surface area contributed by atoms with Crippen molar-refractivity contribution in [2.24, 2.45) is 11.8 Å². The normalized spacial score (nSPS) is 26.0. The van der Waals surface area contributed by atoms with E-state index in [0.29, 0.717) is 25.6 Å². The molecule has 1 aliphatic heterocycles. The van der Waals surface area contributed by atoms with E-state index in [4.69, 9.17) is 4.74 Å². The number of nitrogens with one attached hydrogen (secondary N) is 1. The van der Waals surface area contributed by atoms with E-state index in [1.807, 2.05) is 0 Å². The maximum Gasteiger partial charge on any atom is 0.326 e. The Balaban J connectivity index is 1.84.